The van der Waals surface area contributed by atoms with Crippen molar-refractivity contribution in [3.63, 3.8) is 0 Å². The van der Waals surface area contributed by atoms with Crippen LogP contribution in [0.5, 0.6) is 0 Å². The Bertz CT molecular complexity index is 3820. The van der Waals surface area contributed by atoms with E-state index in [-0.39, 0.29) is 0 Å². The molecular weight excluding hydrogens is 933 g/mol. The Morgan fingerprint density at radius 2 is 0.390 bits per heavy atom. The molecule has 0 saturated carbocycles. The molecular formula is C73H52N4. The standard InChI is InChI=1S/C73H52N4/c1-9-31-53(32-10-1)74(54-33-11-2-12-34-54)69-67-63-49-27-30-52-66(63)73(64-50-28-25-47-61(64)62-48-26-29-51-65(62)73)68(67)70(75(55-35-13-3-14-36-55)56-37-15-4-16-38-56)72(77(59-43-21-7-22-44-59)60-45-23-8-24-46-60)71(69)76(57-39-17-5-18-40-57)58-41-19-6-20-42-58/h1-52H. The number of nitrogens with zero attached hydrogens (tertiary/aromatic N) is 4. The van der Waals surface area contributed by atoms with Crippen LogP contribution in [0, 0.1) is 0 Å². The highest BCUT2D eigenvalue weighted by Crippen LogP contribution is 2.72. The fourth-order valence-electron chi connectivity index (χ4n) is 12.4. The van der Waals surface area contributed by atoms with Gasteiger partial charge in [0.25, 0.3) is 0 Å². The Balaban J connectivity index is 1.35. The molecule has 0 N–H and O–H groups in total. The molecule has 0 radical (unpaired) electrons. The second kappa shape index (κ2) is 19.3. The van der Waals surface area contributed by atoms with Gasteiger partial charge in [0.2, 0.25) is 0 Å². The Kier molecular flexibility index (Phi) is 11.4. The fourth-order valence-corrected chi connectivity index (χ4v) is 12.4. The summed E-state index contributed by atoms with van der Waals surface area (Å²) in [7, 11) is 0. The largest absolute Gasteiger partial charge is 0.308 e. The van der Waals surface area contributed by atoms with Crippen LogP contribution in [0.4, 0.5) is 68.2 Å². The molecule has 0 amide bonds. The molecule has 0 saturated heterocycles. The van der Waals surface area contributed by atoms with E-state index in [1.54, 1.807) is 0 Å². The molecule has 364 valence electrons. The molecule has 0 aliphatic heterocycles. The van der Waals surface area contributed by atoms with E-state index in [0.717, 1.165) is 73.8 Å². The van der Waals surface area contributed by atoms with Crippen molar-refractivity contribution in [3.05, 3.63) is 338 Å². The van der Waals surface area contributed by atoms with Gasteiger partial charge in [0.1, 0.15) is 0 Å². The molecule has 4 nitrogen and oxygen atoms in total. The van der Waals surface area contributed by atoms with E-state index in [0.29, 0.717) is 0 Å². The maximum atomic E-state index is 2.56. The van der Waals surface area contributed by atoms with E-state index in [9.17, 15) is 0 Å². The van der Waals surface area contributed by atoms with Gasteiger partial charge >= 0.3 is 0 Å². The Labute approximate surface area is 450 Å². The van der Waals surface area contributed by atoms with E-state index in [1.807, 2.05) is 0 Å². The first kappa shape index (κ1) is 45.5. The number of anilines is 12. The third-order valence-electron chi connectivity index (χ3n) is 15.3. The van der Waals surface area contributed by atoms with Gasteiger partial charge in [-0.1, -0.05) is 218 Å². The average molecular weight is 985 g/mol. The number of fused-ring (bicyclic) bond motifs is 10. The summed E-state index contributed by atoms with van der Waals surface area (Å²) >= 11 is 0. The van der Waals surface area contributed by atoms with Gasteiger partial charge in [-0.15, -0.1) is 0 Å². The van der Waals surface area contributed by atoms with Crippen LogP contribution in [-0.2, 0) is 5.41 Å². The molecule has 77 heavy (non-hydrogen) atoms. The predicted octanol–water partition coefficient (Wildman–Crippen LogP) is 19.9. The van der Waals surface area contributed by atoms with E-state index in [1.165, 1.54) is 38.9 Å². The van der Waals surface area contributed by atoms with Crippen molar-refractivity contribution in [1.29, 1.82) is 0 Å². The van der Waals surface area contributed by atoms with Gasteiger partial charge in [0.05, 0.1) is 28.2 Å². The highest BCUT2D eigenvalue weighted by molar-refractivity contribution is 6.18. The second-order valence-corrected chi connectivity index (χ2v) is 19.6. The van der Waals surface area contributed by atoms with Crippen LogP contribution in [0.1, 0.15) is 22.3 Å². The molecule has 1 spiro atoms. The molecule has 0 atom stereocenters. The topological polar surface area (TPSA) is 13.0 Å². The number of benzene rings is 12. The van der Waals surface area contributed by atoms with Crippen molar-refractivity contribution < 1.29 is 0 Å². The Morgan fingerprint density at radius 1 is 0.182 bits per heavy atom. The highest BCUT2D eigenvalue weighted by Gasteiger charge is 2.56. The SMILES string of the molecule is c1ccc(N(c2ccccc2)c2c3c(c(N(c4ccccc4)c4ccccc4)c(N(c4ccccc4)c4ccccc4)c2N(c2ccccc2)c2ccccc2)C2(c4ccccc4-c4ccccc42)c2ccccc2-3)cc1. The monoisotopic (exact) mass is 984 g/mol. The molecule has 4 heteroatoms. The third-order valence-corrected chi connectivity index (χ3v) is 15.3. The van der Waals surface area contributed by atoms with Crippen LogP contribution in [0.2, 0.25) is 0 Å². The lowest BCUT2D eigenvalue weighted by Crippen LogP contribution is -2.31. The summed E-state index contributed by atoms with van der Waals surface area (Å²) in [5.41, 5.74) is 21.1. The van der Waals surface area contributed by atoms with E-state index >= 15 is 0 Å². The summed E-state index contributed by atoms with van der Waals surface area (Å²) in [6.45, 7) is 0. The maximum absolute atomic E-state index is 2.56. The van der Waals surface area contributed by atoms with Gasteiger partial charge in [-0.3, -0.25) is 0 Å². The Hall–Kier alpha value is -10.2. The molecule has 12 aromatic rings. The average Bonchev–Trinajstić information content (AvgIpc) is 4.16. The van der Waals surface area contributed by atoms with Gasteiger partial charge in [0.15, 0.2) is 0 Å². The molecule has 12 aromatic carbocycles. The van der Waals surface area contributed by atoms with Gasteiger partial charge < -0.3 is 19.6 Å². The summed E-state index contributed by atoms with van der Waals surface area (Å²) in [5, 5.41) is 0. The summed E-state index contributed by atoms with van der Waals surface area (Å²) < 4.78 is 0. The first-order valence-corrected chi connectivity index (χ1v) is 26.5. The van der Waals surface area contributed by atoms with Crippen LogP contribution in [0.3, 0.4) is 0 Å². The summed E-state index contributed by atoms with van der Waals surface area (Å²) in [5.74, 6) is 0. The van der Waals surface area contributed by atoms with Crippen LogP contribution < -0.4 is 19.6 Å². The Morgan fingerprint density at radius 3 is 0.688 bits per heavy atom. The normalized spacial score (nSPS) is 12.3. The van der Waals surface area contributed by atoms with Crippen molar-refractivity contribution in [2.75, 3.05) is 19.6 Å². The van der Waals surface area contributed by atoms with Crippen molar-refractivity contribution >= 4 is 68.2 Å². The van der Waals surface area contributed by atoms with Gasteiger partial charge in [-0.05, 0) is 130 Å². The van der Waals surface area contributed by atoms with Crippen LogP contribution in [0.15, 0.2) is 315 Å². The van der Waals surface area contributed by atoms with Crippen molar-refractivity contribution in [2.24, 2.45) is 0 Å². The second-order valence-electron chi connectivity index (χ2n) is 19.6. The van der Waals surface area contributed by atoms with Crippen molar-refractivity contribution in [3.8, 4) is 22.3 Å². The summed E-state index contributed by atoms with van der Waals surface area (Å²) in [6, 6.07) is 115. The lowest BCUT2D eigenvalue weighted by Gasteiger charge is -2.44. The number of para-hydroxylation sites is 8. The van der Waals surface area contributed by atoms with Crippen LogP contribution in [-0.4, -0.2) is 0 Å². The molecule has 2 aliphatic carbocycles. The summed E-state index contributed by atoms with van der Waals surface area (Å²) in [6.07, 6.45) is 0. The molecule has 0 aromatic heterocycles. The smallest absolute Gasteiger partial charge is 0.0975 e. The maximum Gasteiger partial charge on any atom is 0.0975 e. The van der Waals surface area contributed by atoms with Gasteiger partial charge in [-0.2, -0.15) is 0 Å². The van der Waals surface area contributed by atoms with Crippen LogP contribution in [0.25, 0.3) is 22.3 Å². The number of hydrogen-bond donors (Lipinski definition) is 0. The molecule has 0 heterocycles. The fraction of sp³-hybridized carbons (Fsp3) is 0.0137. The molecule has 2 aliphatic rings. The van der Waals surface area contributed by atoms with Gasteiger partial charge in [-0.25, -0.2) is 0 Å². The minimum atomic E-state index is -0.833. The lowest BCUT2D eigenvalue weighted by atomic mass is 9.69. The molecule has 0 fully saturated rings. The quantitative estimate of drug-likeness (QED) is 0.121. The highest BCUT2D eigenvalue weighted by atomic mass is 15.3. The summed E-state index contributed by atoms with van der Waals surface area (Å²) in [4.78, 5) is 10.1. The lowest BCUT2D eigenvalue weighted by molar-refractivity contribution is 0.792. The van der Waals surface area contributed by atoms with Crippen molar-refractivity contribution in [1.82, 2.24) is 0 Å². The number of rotatable bonds is 12. The zero-order chi connectivity index (χ0) is 51.1. The first-order chi connectivity index (χ1) is 38.3. The minimum Gasteiger partial charge on any atom is -0.308 e. The van der Waals surface area contributed by atoms with Gasteiger partial charge in [0, 0.05) is 56.6 Å². The number of hydrogen-bond acceptors (Lipinski definition) is 4. The van der Waals surface area contributed by atoms with E-state index in [2.05, 4.69) is 335 Å². The molecule has 14 rings (SSSR count). The zero-order valence-electron chi connectivity index (χ0n) is 42.3. The first-order valence-electron chi connectivity index (χ1n) is 26.5. The molecule has 0 bridgehead atoms. The zero-order valence-corrected chi connectivity index (χ0v) is 42.3. The van der Waals surface area contributed by atoms with E-state index < -0.39 is 5.41 Å². The molecule has 0 unspecified atom stereocenters. The van der Waals surface area contributed by atoms with Crippen LogP contribution >= 0.6 is 0 Å². The third kappa shape index (κ3) is 7.37. The predicted molar refractivity (Wildman–Crippen MR) is 321 cm³/mol. The van der Waals surface area contributed by atoms with Crippen molar-refractivity contribution in [2.45, 2.75) is 5.41 Å². The minimum absolute atomic E-state index is 0.833. The van der Waals surface area contributed by atoms with E-state index in [4.69, 9.17) is 0 Å².